The van der Waals surface area contributed by atoms with Gasteiger partial charge in [0.2, 0.25) is 5.91 Å². The molecule has 1 aliphatic rings. The number of piperidine rings is 1. The van der Waals surface area contributed by atoms with Gasteiger partial charge in [0.15, 0.2) is 0 Å². The number of alkyl halides is 2. The van der Waals surface area contributed by atoms with E-state index in [-0.39, 0.29) is 17.4 Å². The van der Waals surface area contributed by atoms with Crippen molar-refractivity contribution >= 4 is 32.6 Å². The summed E-state index contributed by atoms with van der Waals surface area (Å²) < 4.78 is 27.2. The van der Waals surface area contributed by atoms with Gasteiger partial charge in [-0.1, -0.05) is 59.5 Å². The average Bonchev–Trinajstić information content (AvgIpc) is 2.90. The molecule has 3 N–H and O–H groups in total. The number of aryl methyl sites for hydroxylation is 1. The Morgan fingerprint density at radius 2 is 1.74 bits per heavy atom. The lowest BCUT2D eigenvalue weighted by molar-refractivity contribution is -0.119. The highest BCUT2D eigenvalue weighted by atomic mass is 31.0. The normalized spacial score (nSPS) is 13.9. The van der Waals surface area contributed by atoms with Gasteiger partial charge in [0, 0.05) is 30.6 Å². The first kappa shape index (κ1) is 29.2. The molecule has 2 amide bonds. The zero-order valence-electron chi connectivity index (χ0n) is 22.0. The van der Waals surface area contributed by atoms with E-state index in [4.69, 9.17) is 5.73 Å². The van der Waals surface area contributed by atoms with Crippen LogP contribution in [0.5, 0.6) is 0 Å². The number of benzene rings is 2. The van der Waals surface area contributed by atoms with Crippen molar-refractivity contribution in [3.05, 3.63) is 77.5 Å². The van der Waals surface area contributed by atoms with E-state index >= 15 is 0 Å². The summed E-state index contributed by atoms with van der Waals surface area (Å²) in [7, 11) is 1.53. The van der Waals surface area contributed by atoms with Crippen LogP contribution in [0.1, 0.15) is 54.6 Å². The van der Waals surface area contributed by atoms with E-state index in [9.17, 15) is 18.4 Å². The minimum absolute atomic E-state index is 0.114. The molecular formula is C29H35F2N4O2P. The van der Waals surface area contributed by atoms with Gasteiger partial charge in [-0.05, 0) is 60.6 Å². The van der Waals surface area contributed by atoms with Crippen LogP contribution in [0.15, 0.2) is 60.8 Å². The third kappa shape index (κ3) is 7.35. The van der Waals surface area contributed by atoms with Crippen LogP contribution in [0.25, 0.3) is 11.1 Å². The molecule has 3 aromatic rings. The molecule has 1 unspecified atom stereocenters. The van der Waals surface area contributed by atoms with Crippen LogP contribution >= 0.6 is 9.24 Å². The van der Waals surface area contributed by atoms with Gasteiger partial charge in [-0.3, -0.25) is 9.59 Å². The quantitative estimate of drug-likeness (QED) is 0.342. The highest BCUT2D eigenvalue weighted by Gasteiger charge is 2.25. The number of aromatic nitrogens is 1. The van der Waals surface area contributed by atoms with Crippen LogP contribution in [0.4, 0.5) is 20.3 Å². The summed E-state index contributed by atoms with van der Waals surface area (Å²) in [6, 6.07) is 15.0. The highest BCUT2D eigenvalue weighted by Crippen LogP contribution is 2.36. The van der Waals surface area contributed by atoms with Crippen LogP contribution in [-0.2, 0) is 10.5 Å². The van der Waals surface area contributed by atoms with E-state index in [1.807, 2.05) is 32.9 Å². The van der Waals surface area contributed by atoms with Crippen molar-refractivity contribution in [3.63, 3.8) is 0 Å². The molecule has 6 nitrogen and oxygen atoms in total. The summed E-state index contributed by atoms with van der Waals surface area (Å²) in [5.74, 6) is 0.146. The molecule has 0 radical (unpaired) electrons. The Morgan fingerprint density at radius 1 is 1.08 bits per heavy atom. The second-order valence-corrected chi connectivity index (χ2v) is 9.88. The summed E-state index contributed by atoms with van der Waals surface area (Å²) >= 11 is 0. The van der Waals surface area contributed by atoms with Crippen molar-refractivity contribution in [2.75, 3.05) is 23.3 Å². The molecule has 1 atom stereocenters. The fourth-order valence-electron chi connectivity index (χ4n) is 4.61. The van der Waals surface area contributed by atoms with Crippen LogP contribution in [-0.4, -0.2) is 29.9 Å². The maximum Gasteiger partial charge on any atom is 0.283 e. The third-order valence-corrected chi connectivity index (χ3v) is 6.87. The molecule has 1 saturated heterocycles. The monoisotopic (exact) mass is 540 g/mol. The summed E-state index contributed by atoms with van der Waals surface area (Å²) in [6.07, 6.45) is 3.94. The molecule has 202 valence electrons. The number of primary amides is 1. The second kappa shape index (κ2) is 12.9. The SMILES string of the molecule is CC.Cc1cccc(C(=O)Nc2ccc(N3CCC(CC(N)=O)CC3)cn2)c1-c1ccc(C(F)(F)P)cc1. The van der Waals surface area contributed by atoms with E-state index in [0.29, 0.717) is 34.8 Å². The number of rotatable bonds is 7. The van der Waals surface area contributed by atoms with Crippen molar-refractivity contribution in [2.45, 2.75) is 45.7 Å². The van der Waals surface area contributed by atoms with E-state index in [1.165, 1.54) is 21.4 Å². The molecule has 0 aliphatic carbocycles. The van der Waals surface area contributed by atoms with Crippen LogP contribution in [0.2, 0.25) is 0 Å². The molecule has 9 heteroatoms. The topological polar surface area (TPSA) is 88.3 Å². The van der Waals surface area contributed by atoms with Crippen LogP contribution in [0.3, 0.4) is 0 Å². The number of nitrogens with one attached hydrogen (secondary N) is 1. The molecule has 38 heavy (non-hydrogen) atoms. The van der Waals surface area contributed by atoms with Crippen molar-refractivity contribution in [1.82, 2.24) is 4.98 Å². The number of carbonyl (C=O) groups excluding carboxylic acids is 2. The Kier molecular flexibility index (Phi) is 9.92. The Bertz CT molecular complexity index is 1240. The molecule has 0 bridgehead atoms. The second-order valence-electron chi connectivity index (χ2n) is 9.15. The van der Waals surface area contributed by atoms with E-state index < -0.39 is 5.66 Å². The molecular weight excluding hydrogens is 505 g/mol. The maximum atomic E-state index is 13.6. The van der Waals surface area contributed by atoms with Crippen LogP contribution in [0, 0.1) is 12.8 Å². The Morgan fingerprint density at radius 3 is 2.29 bits per heavy atom. The first-order valence-electron chi connectivity index (χ1n) is 12.8. The van der Waals surface area contributed by atoms with Crippen molar-refractivity contribution in [2.24, 2.45) is 11.7 Å². The molecule has 0 spiro atoms. The number of pyridine rings is 1. The number of amides is 2. The maximum absolute atomic E-state index is 13.6. The molecule has 4 rings (SSSR count). The van der Waals surface area contributed by atoms with Gasteiger partial charge in [-0.25, -0.2) is 4.98 Å². The number of nitrogens with zero attached hydrogens (tertiary/aromatic N) is 2. The van der Waals surface area contributed by atoms with Crippen molar-refractivity contribution in [3.8, 4) is 11.1 Å². The predicted molar refractivity (Wildman–Crippen MR) is 153 cm³/mol. The Labute approximate surface area is 225 Å². The summed E-state index contributed by atoms with van der Waals surface area (Å²) in [6.45, 7) is 7.52. The number of hydrogen-bond acceptors (Lipinski definition) is 4. The summed E-state index contributed by atoms with van der Waals surface area (Å²) in [4.78, 5) is 30.9. The lowest BCUT2D eigenvalue weighted by Gasteiger charge is -2.33. The summed E-state index contributed by atoms with van der Waals surface area (Å²) in [5.41, 5.74) is 5.79. The van der Waals surface area contributed by atoms with Gasteiger partial charge in [-0.2, -0.15) is 8.78 Å². The predicted octanol–water partition coefficient (Wildman–Crippen LogP) is 6.35. The average molecular weight is 541 g/mol. The third-order valence-electron chi connectivity index (χ3n) is 6.53. The van der Waals surface area contributed by atoms with E-state index in [0.717, 1.165) is 37.2 Å². The lowest BCUT2D eigenvalue weighted by Crippen LogP contribution is -2.35. The number of halogens is 2. The van der Waals surface area contributed by atoms with E-state index in [1.54, 1.807) is 36.5 Å². The zero-order chi connectivity index (χ0) is 27.9. The Hall–Kier alpha value is -3.38. The largest absolute Gasteiger partial charge is 0.370 e. The standard InChI is InChI=1S/C27H29F2N4O2P.C2H6/c1-17-3-2-4-22(25(17)19-5-7-20(8-6-19)27(28,29)36)26(35)32-24-10-9-21(16-31-24)33-13-11-18(12-14-33)15-23(30)34;1-2/h2-10,16,18H,11-15,36H2,1H3,(H2,30,34)(H,31,32,35);1-2H3. The number of carbonyl (C=O) groups is 2. The first-order valence-corrected chi connectivity index (χ1v) is 13.4. The minimum Gasteiger partial charge on any atom is -0.370 e. The number of anilines is 2. The molecule has 0 saturated carbocycles. The van der Waals surface area contributed by atoms with Crippen molar-refractivity contribution < 1.29 is 18.4 Å². The number of hydrogen-bond donors (Lipinski definition) is 2. The van der Waals surface area contributed by atoms with Gasteiger partial charge in [0.05, 0.1) is 11.9 Å². The zero-order valence-corrected chi connectivity index (χ0v) is 23.2. The van der Waals surface area contributed by atoms with Gasteiger partial charge in [0.25, 0.3) is 11.6 Å². The van der Waals surface area contributed by atoms with Crippen molar-refractivity contribution in [1.29, 1.82) is 0 Å². The molecule has 2 heterocycles. The number of nitrogens with two attached hydrogens (primary N) is 1. The van der Waals surface area contributed by atoms with Gasteiger partial charge < -0.3 is 16.0 Å². The fraction of sp³-hybridized carbons (Fsp3) is 0.345. The van der Waals surface area contributed by atoms with Gasteiger partial charge >= 0.3 is 0 Å². The Balaban J connectivity index is 0.00000195. The first-order chi connectivity index (χ1) is 18.1. The molecule has 1 fully saturated rings. The highest BCUT2D eigenvalue weighted by molar-refractivity contribution is 7.17. The van der Waals surface area contributed by atoms with Crippen LogP contribution < -0.4 is 16.0 Å². The molecule has 1 aromatic heterocycles. The van der Waals surface area contributed by atoms with Gasteiger partial charge in [0.1, 0.15) is 5.82 Å². The molecule has 2 aromatic carbocycles. The lowest BCUT2D eigenvalue weighted by atomic mass is 9.93. The fourth-order valence-corrected chi connectivity index (χ4v) is 4.80. The molecule has 1 aliphatic heterocycles. The minimum atomic E-state index is -3.01. The van der Waals surface area contributed by atoms with E-state index in [2.05, 4.69) is 15.2 Å². The smallest absolute Gasteiger partial charge is 0.283 e. The summed E-state index contributed by atoms with van der Waals surface area (Å²) in [5, 5.41) is 2.85. The van der Waals surface area contributed by atoms with Gasteiger partial charge in [-0.15, -0.1) is 0 Å².